The Labute approximate surface area is 677 Å². The van der Waals surface area contributed by atoms with Gasteiger partial charge in [0.2, 0.25) is 0 Å². The molecule has 0 amide bonds. The number of phosphoric ester groups is 2. The van der Waals surface area contributed by atoms with Crippen LogP contribution < -0.4 is 0 Å². The molecule has 0 radical (unpaired) electrons. The second-order valence-electron chi connectivity index (χ2n) is 27.0. The maximum absolute atomic E-state index is 13.1. The normalized spacial score (nSPS) is 14.9. The van der Waals surface area contributed by atoms with E-state index in [-0.39, 0.29) is 25.7 Å². The predicted octanol–water partition coefficient (Wildman–Crippen LogP) is 25.2. The number of hydrogen-bond acceptors (Lipinski definition) is 15. The van der Waals surface area contributed by atoms with E-state index in [4.69, 9.17) is 37.0 Å². The lowest BCUT2D eigenvalue weighted by Gasteiger charge is -2.21. The molecule has 0 aromatic heterocycles. The highest BCUT2D eigenvalue weighted by Gasteiger charge is 2.30. The van der Waals surface area contributed by atoms with Crippen LogP contribution in [0.3, 0.4) is 0 Å². The number of aliphatic hydroxyl groups is 1. The summed E-state index contributed by atoms with van der Waals surface area (Å²) >= 11 is 0. The summed E-state index contributed by atoms with van der Waals surface area (Å²) < 4.78 is 68.5. The van der Waals surface area contributed by atoms with Gasteiger partial charge in [-0.15, -0.1) is 0 Å². The van der Waals surface area contributed by atoms with Crippen molar-refractivity contribution in [2.45, 2.75) is 303 Å². The number of phosphoric acid groups is 2. The van der Waals surface area contributed by atoms with Crippen LogP contribution in [0.1, 0.15) is 285 Å². The number of carbonyl (C=O) groups is 4. The molecule has 19 heteroatoms. The molecule has 0 spiro atoms. The first-order valence-electron chi connectivity index (χ1n) is 42.0. The quantitative estimate of drug-likeness (QED) is 0.0169. The number of aliphatic hydroxyl groups excluding tert-OH is 1. The molecule has 0 fully saturated rings. The lowest BCUT2D eigenvalue weighted by Crippen LogP contribution is -2.30. The van der Waals surface area contributed by atoms with Crippen LogP contribution in [0.15, 0.2) is 219 Å². The van der Waals surface area contributed by atoms with Crippen molar-refractivity contribution in [1.29, 1.82) is 0 Å². The van der Waals surface area contributed by atoms with E-state index in [0.29, 0.717) is 44.9 Å². The van der Waals surface area contributed by atoms with E-state index in [1.54, 1.807) is 0 Å². The average molecular weight is 1600 g/mol. The number of hydrogen-bond donors (Lipinski definition) is 3. The predicted molar refractivity (Wildman–Crippen MR) is 463 cm³/mol. The SMILES string of the molecule is CC/C=C\C/C=C\C/C=C\C/C=C\C/C=C\CCCCCC(=O)O[C@H](COC(=O)CCC/C=C\C/C=C\C/C=C\C/C=C\CCCCC)COP(=O)(O)OC[C@H](O)COP(=O)(O)OC[C@@H](COC(=O)CC/C=C\C/C=C\C/C=C\C/C=C\C/C=C\CCCCC)OC(=O)CCC/C=C\C/C=C\C/C=C\C/C=C\CCCCC. The molecule has 0 aromatic carbocycles. The van der Waals surface area contributed by atoms with Gasteiger partial charge in [0, 0.05) is 25.7 Å². The number of ether oxygens (including phenoxy) is 4. The summed E-state index contributed by atoms with van der Waals surface area (Å²) in [6.07, 6.45) is 105. The second kappa shape index (κ2) is 82.4. The highest BCUT2D eigenvalue weighted by atomic mass is 31.2. The number of unbranched alkanes of at least 4 members (excludes halogenated alkanes) is 14. The molecule has 0 bridgehead atoms. The van der Waals surface area contributed by atoms with Crippen LogP contribution >= 0.6 is 15.6 Å². The maximum atomic E-state index is 13.1. The number of carbonyl (C=O) groups excluding carboxylic acids is 4. The number of esters is 4. The zero-order chi connectivity index (χ0) is 81.7. The third-order valence-electron chi connectivity index (χ3n) is 16.4. The smallest absolute Gasteiger partial charge is 0.462 e. The van der Waals surface area contributed by atoms with Gasteiger partial charge in [-0.05, 0) is 186 Å². The van der Waals surface area contributed by atoms with Gasteiger partial charge < -0.3 is 33.8 Å². The Morgan fingerprint density at radius 3 is 0.786 bits per heavy atom. The average Bonchev–Trinajstić information content (AvgIpc) is 0.896. The highest BCUT2D eigenvalue weighted by Crippen LogP contribution is 2.45. The summed E-state index contributed by atoms with van der Waals surface area (Å²) in [5.74, 6) is -2.47. The summed E-state index contributed by atoms with van der Waals surface area (Å²) in [6.45, 7) is 4.40. The monoisotopic (exact) mass is 1600 g/mol. The largest absolute Gasteiger partial charge is 0.472 e. The van der Waals surface area contributed by atoms with Crippen molar-refractivity contribution in [3.63, 3.8) is 0 Å². The van der Waals surface area contributed by atoms with Crippen molar-refractivity contribution < 1.29 is 80.2 Å². The summed E-state index contributed by atoms with van der Waals surface area (Å²) in [7, 11) is -10.1. The Morgan fingerprint density at radius 1 is 0.259 bits per heavy atom. The van der Waals surface area contributed by atoms with E-state index >= 15 is 0 Å². The molecule has 0 saturated carbocycles. The molecule has 0 saturated heterocycles. The van der Waals surface area contributed by atoms with Gasteiger partial charge in [-0.1, -0.05) is 291 Å². The fraction of sp³-hybridized carbons (Fsp3) is 0.570. The van der Waals surface area contributed by atoms with Gasteiger partial charge in [0.15, 0.2) is 12.2 Å². The van der Waals surface area contributed by atoms with Gasteiger partial charge in [-0.25, -0.2) is 9.13 Å². The molecular weight excluding hydrogens is 1450 g/mol. The molecule has 2 unspecified atom stereocenters. The topological polar surface area (TPSA) is 237 Å². The van der Waals surface area contributed by atoms with Gasteiger partial charge in [-0.3, -0.25) is 37.3 Å². The molecule has 112 heavy (non-hydrogen) atoms. The fourth-order valence-electron chi connectivity index (χ4n) is 10.0. The molecule has 630 valence electrons. The van der Waals surface area contributed by atoms with Crippen LogP contribution in [0.2, 0.25) is 0 Å². The summed E-state index contributed by atoms with van der Waals surface area (Å²) in [5.41, 5.74) is 0. The van der Waals surface area contributed by atoms with Gasteiger partial charge in [0.1, 0.15) is 19.3 Å². The zero-order valence-corrected chi connectivity index (χ0v) is 70.8. The van der Waals surface area contributed by atoms with Crippen LogP contribution in [-0.4, -0.2) is 96.7 Å². The molecule has 3 N–H and O–H groups in total. The third-order valence-corrected chi connectivity index (χ3v) is 18.3. The van der Waals surface area contributed by atoms with Gasteiger partial charge in [0.05, 0.1) is 26.4 Å². The first-order valence-corrected chi connectivity index (χ1v) is 45.0. The summed E-state index contributed by atoms with van der Waals surface area (Å²) in [5, 5.41) is 10.7. The van der Waals surface area contributed by atoms with Crippen molar-refractivity contribution in [2.24, 2.45) is 0 Å². The molecule has 0 rings (SSSR count). The van der Waals surface area contributed by atoms with Crippen LogP contribution in [0.25, 0.3) is 0 Å². The minimum atomic E-state index is -5.03. The first kappa shape index (κ1) is 105. The Morgan fingerprint density at radius 2 is 0.491 bits per heavy atom. The first-order chi connectivity index (χ1) is 54.7. The van der Waals surface area contributed by atoms with E-state index < -0.39 is 97.5 Å². The number of allylic oxidation sites excluding steroid dienone is 36. The molecule has 5 atom stereocenters. The van der Waals surface area contributed by atoms with Crippen molar-refractivity contribution >= 4 is 39.5 Å². The minimum Gasteiger partial charge on any atom is -0.462 e. The van der Waals surface area contributed by atoms with Crippen molar-refractivity contribution in [2.75, 3.05) is 39.6 Å². The molecule has 17 nitrogen and oxygen atoms in total. The van der Waals surface area contributed by atoms with Crippen LogP contribution in [0.4, 0.5) is 0 Å². The van der Waals surface area contributed by atoms with Gasteiger partial charge in [0.25, 0.3) is 0 Å². The van der Waals surface area contributed by atoms with Gasteiger partial charge >= 0.3 is 39.5 Å². The Hall–Kier alpha value is -6.62. The van der Waals surface area contributed by atoms with Crippen LogP contribution in [0.5, 0.6) is 0 Å². The highest BCUT2D eigenvalue weighted by molar-refractivity contribution is 7.47. The zero-order valence-electron chi connectivity index (χ0n) is 69.0. The molecule has 0 aromatic rings. The maximum Gasteiger partial charge on any atom is 0.472 e. The lowest BCUT2D eigenvalue weighted by atomic mass is 10.1. The molecule has 0 heterocycles. The fourth-order valence-corrected chi connectivity index (χ4v) is 11.6. The van der Waals surface area contributed by atoms with E-state index in [1.807, 2.05) is 42.5 Å². The van der Waals surface area contributed by atoms with Crippen molar-refractivity contribution in [3.05, 3.63) is 219 Å². The summed E-state index contributed by atoms with van der Waals surface area (Å²) in [4.78, 5) is 73.2. The van der Waals surface area contributed by atoms with Crippen LogP contribution in [0, 0.1) is 0 Å². The lowest BCUT2D eigenvalue weighted by molar-refractivity contribution is -0.161. The second-order valence-corrected chi connectivity index (χ2v) is 29.9. The van der Waals surface area contributed by atoms with E-state index in [0.717, 1.165) is 128 Å². The molecular formula is C93H146O17P2. The number of rotatable bonds is 76. The van der Waals surface area contributed by atoms with Crippen molar-refractivity contribution in [1.82, 2.24) is 0 Å². The molecule has 0 aliphatic carbocycles. The van der Waals surface area contributed by atoms with Gasteiger partial charge in [-0.2, -0.15) is 0 Å². The molecule has 0 aliphatic heterocycles. The Balaban J connectivity index is 5.61. The molecule has 0 aliphatic rings. The van der Waals surface area contributed by atoms with E-state index in [2.05, 4.69) is 204 Å². The third kappa shape index (κ3) is 81.4. The van der Waals surface area contributed by atoms with Crippen LogP contribution in [-0.2, 0) is 65.4 Å². The summed E-state index contributed by atoms with van der Waals surface area (Å²) in [6, 6.07) is 0. The Bertz CT molecular complexity index is 2990. The minimum absolute atomic E-state index is 0.00788. The standard InChI is InChI=1S/C93H146O17P2/c1-5-9-13-17-21-25-29-33-37-41-43-47-50-54-58-62-66-70-74-78-91(96)104-84-88(109-92(97)79-75-71-67-63-59-55-51-46-40-36-32-28-24-20-16-12-8-4)85-107-111(99,100)105-81-87(94)82-106-112(101,102)108-86-89(83-103-90(95)77-73-69-65-61-57-53-49-45-39-35-31-27-23-19-15-11-7-3)110-93(98)80-76-72-68-64-60-56-52-48-44-42-38-34-30-26-22-18-14-10-6-2/h10,14,21-28,33-40,43-44,47-49,51,53-56,58,60-61,63,65-67,70,87-89,94H,5-9,11-13,15-20,29-32,41-42,45-46,50,52,57,59,62,64,68-69,71-86H2,1-4H3,(H,99,100)(H,101,102)/b14-10-,25-21-,26-22-,27-23-,28-24-,37-33-,38-34-,39-35-,40-36-,47-43-,48-44-,53-49-,55-51-,58-54-,60-56-,65-61-,67-63-,70-66-/t87-,88-,89-/m1/s1. The Kier molecular flexibility index (Phi) is 77.5. The van der Waals surface area contributed by atoms with E-state index in [1.165, 1.54) is 57.8 Å². The van der Waals surface area contributed by atoms with E-state index in [9.17, 15) is 43.2 Å². The van der Waals surface area contributed by atoms with Crippen molar-refractivity contribution in [3.8, 4) is 0 Å².